The van der Waals surface area contributed by atoms with Crippen LogP contribution in [-0.4, -0.2) is 38.5 Å². The van der Waals surface area contributed by atoms with E-state index in [-0.39, 0.29) is 6.04 Å². The standard InChI is InChI=1S/C21H24N6/c1-25-20-15(12-23-25)6-4-7-16(20)13-27-19-10-3-2-9-18(19)24-21(27)26-11-5-8-17(22)14-26/h2-4,6-7,9-10,12,17H,5,8,11,13-14,22H2,1H3/t17-/m1/s1. The minimum atomic E-state index is 0.215. The molecule has 0 unspecified atom stereocenters. The predicted molar refractivity (Wildman–Crippen MR) is 109 cm³/mol. The normalized spacial score (nSPS) is 17.9. The summed E-state index contributed by atoms with van der Waals surface area (Å²) >= 11 is 0. The van der Waals surface area contributed by atoms with Gasteiger partial charge < -0.3 is 15.2 Å². The van der Waals surface area contributed by atoms with Gasteiger partial charge in [0.1, 0.15) is 0 Å². The molecule has 0 aliphatic carbocycles. The number of nitrogens with zero attached hydrogens (tertiary/aromatic N) is 5. The molecule has 6 nitrogen and oxygen atoms in total. The molecule has 2 N–H and O–H groups in total. The molecule has 2 aromatic heterocycles. The number of hydrogen-bond donors (Lipinski definition) is 1. The van der Waals surface area contributed by atoms with E-state index in [0.29, 0.717) is 0 Å². The molecule has 0 radical (unpaired) electrons. The van der Waals surface area contributed by atoms with Gasteiger partial charge in [-0.1, -0.05) is 30.3 Å². The monoisotopic (exact) mass is 360 g/mol. The lowest BCUT2D eigenvalue weighted by molar-refractivity contribution is 0.495. The zero-order valence-electron chi connectivity index (χ0n) is 15.5. The molecule has 3 heterocycles. The maximum Gasteiger partial charge on any atom is 0.206 e. The average molecular weight is 360 g/mol. The number of aryl methyl sites for hydroxylation is 1. The predicted octanol–water partition coefficient (Wildman–Crippen LogP) is 2.90. The Morgan fingerprint density at radius 2 is 2.04 bits per heavy atom. The van der Waals surface area contributed by atoms with E-state index in [2.05, 4.69) is 51.0 Å². The molecule has 0 bridgehead atoms. The Bertz CT molecular complexity index is 1110. The van der Waals surface area contributed by atoms with E-state index >= 15 is 0 Å². The summed E-state index contributed by atoms with van der Waals surface area (Å²) in [6, 6.07) is 15.0. The van der Waals surface area contributed by atoms with Crippen LogP contribution in [0.15, 0.2) is 48.7 Å². The van der Waals surface area contributed by atoms with E-state index in [4.69, 9.17) is 10.7 Å². The first-order valence-electron chi connectivity index (χ1n) is 9.56. The van der Waals surface area contributed by atoms with Crippen LogP contribution >= 0.6 is 0 Å². The van der Waals surface area contributed by atoms with E-state index in [1.807, 2.05) is 24.0 Å². The Kier molecular flexibility index (Phi) is 3.86. The number of aromatic nitrogens is 4. The zero-order valence-corrected chi connectivity index (χ0v) is 15.5. The molecule has 0 amide bonds. The number of hydrogen-bond acceptors (Lipinski definition) is 4. The maximum atomic E-state index is 6.25. The molecule has 138 valence electrons. The van der Waals surface area contributed by atoms with Crippen molar-refractivity contribution in [1.29, 1.82) is 0 Å². The molecule has 1 aliphatic rings. The number of benzene rings is 2. The molecule has 4 aromatic rings. The van der Waals surface area contributed by atoms with Crippen LogP contribution in [0.25, 0.3) is 21.9 Å². The Morgan fingerprint density at radius 1 is 1.15 bits per heavy atom. The number of para-hydroxylation sites is 3. The molecule has 1 aliphatic heterocycles. The Morgan fingerprint density at radius 3 is 2.93 bits per heavy atom. The molecular formula is C21H24N6. The van der Waals surface area contributed by atoms with Crippen molar-refractivity contribution < 1.29 is 0 Å². The Balaban J connectivity index is 1.65. The van der Waals surface area contributed by atoms with Crippen LogP contribution in [0.3, 0.4) is 0 Å². The van der Waals surface area contributed by atoms with Crippen molar-refractivity contribution in [2.24, 2.45) is 12.8 Å². The van der Waals surface area contributed by atoms with Crippen LogP contribution < -0.4 is 10.6 Å². The van der Waals surface area contributed by atoms with Crippen LogP contribution in [0.2, 0.25) is 0 Å². The van der Waals surface area contributed by atoms with Gasteiger partial charge in [0.2, 0.25) is 5.95 Å². The topological polar surface area (TPSA) is 64.9 Å². The van der Waals surface area contributed by atoms with Crippen molar-refractivity contribution >= 4 is 27.9 Å². The summed E-state index contributed by atoms with van der Waals surface area (Å²) in [6.07, 6.45) is 4.13. The van der Waals surface area contributed by atoms with Gasteiger partial charge in [-0.2, -0.15) is 5.10 Å². The lowest BCUT2D eigenvalue weighted by atomic mass is 10.1. The minimum Gasteiger partial charge on any atom is -0.341 e. The second-order valence-corrected chi connectivity index (χ2v) is 7.46. The van der Waals surface area contributed by atoms with E-state index in [9.17, 15) is 0 Å². The largest absolute Gasteiger partial charge is 0.341 e. The van der Waals surface area contributed by atoms with Crippen LogP contribution in [0.1, 0.15) is 18.4 Å². The molecule has 1 fully saturated rings. The molecule has 5 rings (SSSR count). The summed E-state index contributed by atoms with van der Waals surface area (Å²) in [5.74, 6) is 1.02. The van der Waals surface area contributed by atoms with E-state index in [1.165, 1.54) is 16.5 Å². The quantitative estimate of drug-likeness (QED) is 0.610. The fourth-order valence-electron chi connectivity index (χ4n) is 4.27. The van der Waals surface area contributed by atoms with Crippen molar-refractivity contribution in [3.63, 3.8) is 0 Å². The molecule has 2 aromatic carbocycles. The van der Waals surface area contributed by atoms with Gasteiger partial charge in [0.15, 0.2) is 0 Å². The highest BCUT2D eigenvalue weighted by molar-refractivity contribution is 5.83. The molecule has 0 saturated carbocycles. The minimum absolute atomic E-state index is 0.215. The van der Waals surface area contributed by atoms with Crippen molar-refractivity contribution in [1.82, 2.24) is 19.3 Å². The summed E-state index contributed by atoms with van der Waals surface area (Å²) in [6.45, 7) is 2.63. The number of piperidine rings is 1. The SMILES string of the molecule is Cn1ncc2cccc(Cn3c(N4CCC[C@@H](N)C4)nc4ccccc43)c21. The highest BCUT2D eigenvalue weighted by atomic mass is 15.3. The van der Waals surface area contributed by atoms with Crippen molar-refractivity contribution in [2.75, 3.05) is 18.0 Å². The highest BCUT2D eigenvalue weighted by Crippen LogP contribution is 2.28. The third kappa shape index (κ3) is 2.77. The first-order valence-corrected chi connectivity index (χ1v) is 9.56. The van der Waals surface area contributed by atoms with Gasteiger partial charge >= 0.3 is 0 Å². The second-order valence-electron chi connectivity index (χ2n) is 7.46. The summed E-state index contributed by atoms with van der Waals surface area (Å²) in [7, 11) is 2.00. The molecule has 6 heteroatoms. The molecule has 1 saturated heterocycles. The van der Waals surface area contributed by atoms with Gasteiger partial charge in [-0.05, 0) is 30.5 Å². The summed E-state index contributed by atoms with van der Waals surface area (Å²) in [5.41, 5.74) is 10.9. The molecule has 0 spiro atoms. The van der Waals surface area contributed by atoms with Gasteiger partial charge in [-0.15, -0.1) is 0 Å². The lowest BCUT2D eigenvalue weighted by Crippen LogP contribution is -2.44. The third-order valence-electron chi connectivity index (χ3n) is 5.55. The van der Waals surface area contributed by atoms with Crippen molar-refractivity contribution in [3.05, 3.63) is 54.2 Å². The average Bonchev–Trinajstić information content (AvgIpc) is 3.24. The lowest BCUT2D eigenvalue weighted by Gasteiger charge is -2.32. The number of nitrogens with two attached hydrogens (primary N) is 1. The number of imidazole rings is 1. The van der Waals surface area contributed by atoms with Gasteiger partial charge in [-0.25, -0.2) is 4.98 Å². The first kappa shape index (κ1) is 16.3. The van der Waals surface area contributed by atoms with Crippen LogP contribution in [0.4, 0.5) is 5.95 Å². The summed E-state index contributed by atoms with van der Waals surface area (Å²) in [5, 5.41) is 5.60. The summed E-state index contributed by atoms with van der Waals surface area (Å²) in [4.78, 5) is 7.31. The maximum absolute atomic E-state index is 6.25. The molecule has 27 heavy (non-hydrogen) atoms. The van der Waals surface area contributed by atoms with Crippen LogP contribution in [0.5, 0.6) is 0 Å². The smallest absolute Gasteiger partial charge is 0.206 e. The second kappa shape index (κ2) is 6.39. The van der Waals surface area contributed by atoms with E-state index < -0.39 is 0 Å². The fourth-order valence-corrected chi connectivity index (χ4v) is 4.27. The van der Waals surface area contributed by atoms with Gasteiger partial charge in [-0.3, -0.25) is 4.68 Å². The fraction of sp³-hybridized carbons (Fsp3) is 0.333. The van der Waals surface area contributed by atoms with Gasteiger partial charge in [0, 0.05) is 31.6 Å². The molecular weight excluding hydrogens is 336 g/mol. The first-order chi connectivity index (χ1) is 13.2. The van der Waals surface area contributed by atoms with Gasteiger partial charge in [0.05, 0.1) is 29.3 Å². The Labute approximate surface area is 158 Å². The highest BCUT2D eigenvalue weighted by Gasteiger charge is 2.23. The van der Waals surface area contributed by atoms with Crippen molar-refractivity contribution in [2.45, 2.75) is 25.4 Å². The van der Waals surface area contributed by atoms with E-state index in [1.54, 1.807) is 0 Å². The number of fused-ring (bicyclic) bond motifs is 2. The number of anilines is 1. The van der Waals surface area contributed by atoms with E-state index in [0.717, 1.165) is 49.5 Å². The van der Waals surface area contributed by atoms with Gasteiger partial charge in [0.25, 0.3) is 0 Å². The molecule has 1 atom stereocenters. The summed E-state index contributed by atoms with van der Waals surface area (Å²) < 4.78 is 4.29. The van der Waals surface area contributed by atoms with Crippen molar-refractivity contribution in [3.8, 4) is 0 Å². The Hall–Kier alpha value is -2.86. The third-order valence-corrected chi connectivity index (χ3v) is 5.55. The number of rotatable bonds is 3. The van der Waals surface area contributed by atoms with Crippen LogP contribution in [0, 0.1) is 0 Å². The van der Waals surface area contributed by atoms with Crippen LogP contribution in [-0.2, 0) is 13.6 Å². The zero-order chi connectivity index (χ0) is 18.4.